The molecule has 0 saturated carbocycles. The average molecular weight is 421 g/mol. The number of benzene rings is 2. The molecule has 0 radical (unpaired) electrons. The van der Waals surface area contributed by atoms with Crippen LogP contribution < -0.4 is 16.0 Å². The third-order valence-corrected chi connectivity index (χ3v) is 5.21. The predicted octanol–water partition coefficient (Wildman–Crippen LogP) is 4.00. The number of hydrogen-bond acceptors (Lipinski definition) is 4. The van der Waals surface area contributed by atoms with Gasteiger partial charge in [0.15, 0.2) is 0 Å². The molecule has 2 amide bonds. The highest BCUT2D eigenvalue weighted by atomic mass is 16.5. The molecule has 162 valence electrons. The number of ether oxygens (including phenoxy) is 1. The number of aromatic nitrogens is 1. The lowest BCUT2D eigenvalue weighted by molar-refractivity contribution is -0.129. The van der Waals surface area contributed by atoms with Crippen LogP contribution >= 0.6 is 0 Å². The van der Waals surface area contributed by atoms with Gasteiger partial charge in [-0.25, -0.2) is 5.48 Å². The minimum absolute atomic E-state index is 0.257. The Morgan fingerprint density at radius 1 is 1.00 bits per heavy atom. The highest BCUT2D eigenvalue weighted by molar-refractivity contribution is 6.00. The van der Waals surface area contributed by atoms with E-state index in [1.54, 1.807) is 12.6 Å². The first kappa shape index (κ1) is 22.1. The van der Waals surface area contributed by atoms with Crippen LogP contribution in [0.25, 0.3) is 22.4 Å². The molecule has 7 heteroatoms. The van der Waals surface area contributed by atoms with Gasteiger partial charge in [0.2, 0.25) is 5.91 Å². The monoisotopic (exact) mass is 421 g/mol. The summed E-state index contributed by atoms with van der Waals surface area (Å²) >= 11 is 0. The van der Waals surface area contributed by atoms with Crippen molar-refractivity contribution in [1.82, 2.24) is 10.0 Å². The number of methoxy groups -OCH3 is 1. The summed E-state index contributed by atoms with van der Waals surface area (Å²) in [7, 11) is 1.61. The van der Waals surface area contributed by atoms with Crippen LogP contribution in [0.15, 0.2) is 60.7 Å². The molecule has 3 rings (SSSR count). The van der Waals surface area contributed by atoms with Gasteiger partial charge in [0, 0.05) is 24.2 Å². The molecule has 1 heterocycles. The Kier molecular flexibility index (Phi) is 7.45. The van der Waals surface area contributed by atoms with E-state index in [2.05, 4.69) is 0 Å². The van der Waals surface area contributed by atoms with Gasteiger partial charge in [-0.1, -0.05) is 48.9 Å². The van der Waals surface area contributed by atoms with Crippen LogP contribution in [-0.4, -0.2) is 28.7 Å². The molecule has 0 atom stereocenters. The molecule has 1 aromatic heterocycles. The number of hydroxylamine groups is 1. The summed E-state index contributed by atoms with van der Waals surface area (Å²) in [5.74, 6) is -0.155. The number of rotatable bonds is 10. The van der Waals surface area contributed by atoms with Crippen molar-refractivity contribution in [2.45, 2.75) is 32.2 Å². The first-order chi connectivity index (χ1) is 15.0. The second kappa shape index (κ2) is 10.4. The minimum Gasteiger partial charge on any atom is -0.497 e. The first-order valence-corrected chi connectivity index (χ1v) is 10.2. The summed E-state index contributed by atoms with van der Waals surface area (Å²) in [6, 6.07) is 19.4. The van der Waals surface area contributed by atoms with Crippen molar-refractivity contribution in [2.24, 2.45) is 5.73 Å². The van der Waals surface area contributed by atoms with Crippen LogP contribution in [0.1, 0.15) is 36.2 Å². The highest BCUT2D eigenvalue weighted by Gasteiger charge is 2.21. The molecule has 0 aliphatic heterocycles. The molecule has 3 aromatic rings. The second-order valence-corrected chi connectivity index (χ2v) is 7.25. The fourth-order valence-corrected chi connectivity index (χ4v) is 3.67. The summed E-state index contributed by atoms with van der Waals surface area (Å²) in [6.45, 7) is 0.583. The summed E-state index contributed by atoms with van der Waals surface area (Å²) in [5, 5.41) is 8.61. The molecule has 0 spiro atoms. The number of amides is 2. The highest BCUT2D eigenvalue weighted by Crippen LogP contribution is 2.34. The standard InChI is InChI=1S/C24H27N3O4/c1-31-19-13-11-17(12-14-19)20-16-21(18-8-4-2-5-9-18)27(23(20)24(25)29)15-7-3-6-10-22(28)26-30/h2,4-5,8-9,11-14,16,30H,3,6-7,10,15H2,1H3,(H2,25,29)(H,26,28). The smallest absolute Gasteiger partial charge is 0.265 e. The fourth-order valence-electron chi connectivity index (χ4n) is 3.67. The van der Waals surface area contributed by atoms with Gasteiger partial charge in [-0.05, 0) is 42.2 Å². The molecule has 0 bridgehead atoms. The lowest BCUT2D eigenvalue weighted by Crippen LogP contribution is -2.19. The van der Waals surface area contributed by atoms with Crippen LogP contribution in [0.4, 0.5) is 0 Å². The van der Waals surface area contributed by atoms with Crippen LogP contribution in [0.3, 0.4) is 0 Å². The largest absolute Gasteiger partial charge is 0.497 e. The summed E-state index contributed by atoms with van der Waals surface area (Å²) in [6.07, 6.45) is 2.44. The van der Waals surface area contributed by atoms with E-state index in [-0.39, 0.29) is 6.42 Å². The Morgan fingerprint density at radius 3 is 2.32 bits per heavy atom. The normalized spacial score (nSPS) is 10.6. The average Bonchev–Trinajstić information content (AvgIpc) is 3.19. The maximum atomic E-state index is 12.5. The molecule has 2 aromatic carbocycles. The van der Waals surface area contributed by atoms with Crippen LogP contribution in [0.5, 0.6) is 5.75 Å². The molecular formula is C24H27N3O4. The van der Waals surface area contributed by atoms with Crippen molar-refractivity contribution in [3.05, 3.63) is 66.4 Å². The zero-order valence-corrected chi connectivity index (χ0v) is 17.5. The van der Waals surface area contributed by atoms with E-state index in [0.29, 0.717) is 18.7 Å². The van der Waals surface area contributed by atoms with E-state index in [1.807, 2.05) is 65.2 Å². The number of nitrogens with two attached hydrogens (primary N) is 1. The summed E-state index contributed by atoms with van der Waals surface area (Å²) < 4.78 is 7.20. The molecule has 0 saturated heterocycles. The van der Waals surface area contributed by atoms with Gasteiger partial charge in [0.1, 0.15) is 11.4 Å². The third kappa shape index (κ3) is 5.32. The quantitative estimate of drug-likeness (QED) is 0.261. The lowest BCUT2D eigenvalue weighted by atomic mass is 10.0. The molecule has 0 unspecified atom stereocenters. The van der Waals surface area contributed by atoms with Crippen molar-refractivity contribution >= 4 is 11.8 Å². The SMILES string of the molecule is COc1ccc(-c2cc(-c3ccccc3)n(CCCCCC(=O)NO)c2C(N)=O)cc1. The number of hydrogen-bond donors (Lipinski definition) is 3. The molecular weight excluding hydrogens is 394 g/mol. The second-order valence-electron chi connectivity index (χ2n) is 7.25. The predicted molar refractivity (Wildman–Crippen MR) is 119 cm³/mol. The molecule has 0 aliphatic carbocycles. The Balaban J connectivity index is 1.96. The zero-order valence-electron chi connectivity index (χ0n) is 17.5. The van der Waals surface area contributed by atoms with Crippen molar-refractivity contribution in [1.29, 1.82) is 0 Å². The van der Waals surface area contributed by atoms with Crippen LogP contribution in [0, 0.1) is 0 Å². The zero-order chi connectivity index (χ0) is 22.2. The Morgan fingerprint density at radius 2 is 1.71 bits per heavy atom. The Bertz CT molecular complexity index is 1030. The van der Waals surface area contributed by atoms with Gasteiger partial charge in [0.25, 0.3) is 5.91 Å². The Hall–Kier alpha value is -3.58. The van der Waals surface area contributed by atoms with Crippen LogP contribution in [-0.2, 0) is 11.3 Å². The fraction of sp³-hybridized carbons (Fsp3) is 0.250. The van der Waals surface area contributed by atoms with Gasteiger partial charge >= 0.3 is 0 Å². The third-order valence-electron chi connectivity index (χ3n) is 5.21. The van der Waals surface area contributed by atoms with Gasteiger partial charge < -0.3 is 15.0 Å². The minimum atomic E-state index is -0.493. The maximum Gasteiger partial charge on any atom is 0.265 e. The maximum absolute atomic E-state index is 12.5. The van der Waals surface area contributed by atoms with Crippen molar-refractivity contribution in [3.63, 3.8) is 0 Å². The first-order valence-electron chi connectivity index (χ1n) is 10.2. The topological polar surface area (TPSA) is 107 Å². The van der Waals surface area contributed by atoms with Crippen molar-refractivity contribution in [2.75, 3.05) is 7.11 Å². The van der Waals surface area contributed by atoms with E-state index in [4.69, 9.17) is 15.7 Å². The number of nitrogens with one attached hydrogen (secondary N) is 1. The van der Waals surface area contributed by atoms with E-state index < -0.39 is 11.8 Å². The Labute approximate surface area is 181 Å². The molecule has 31 heavy (non-hydrogen) atoms. The number of primary amides is 1. The summed E-state index contributed by atoms with van der Waals surface area (Å²) in [4.78, 5) is 23.7. The molecule has 4 N–H and O–H groups in total. The van der Waals surface area contributed by atoms with Crippen LogP contribution in [0.2, 0.25) is 0 Å². The lowest BCUT2D eigenvalue weighted by Gasteiger charge is -2.13. The van der Waals surface area contributed by atoms with E-state index in [9.17, 15) is 9.59 Å². The van der Waals surface area contributed by atoms with E-state index >= 15 is 0 Å². The number of unbranched alkanes of at least 4 members (excludes halogenated alkanes) is 2. The van der Waals surface area contributed by atoms with Gasteiger partial charge in [0.05, 0.1) is 7.11 Å². The number of carbonyl (C=O) groups is 2. The summed E-state index contributed by atoms with van der Waals surface area (Å²) in [5.41, 5.74) is 11.5. The van der Waals surface area contributed by atoms with E-state index in [0.717, 1.165) is 41.0 Å². The van der Waals surface area contributed by atoms with E-state index in [1.165, 1.54) is 0 Å². The number of carbonyl (C=O) groups excluding carboxylic acids is 2. The molecule has 0 aliphatic rings. The number of nitrogens with zero attached hydrogens (tertiary/aromatic N) is 1. The molecule has 7 nitrogen and oxygen atoms in total. The van der Waals surface area contributed by atoms with Gasteiger partial charge in [-0.15, -0.1) is 0 Å². The van der Waals surface area contributed by atoms with Gasteiger partial charge in [-0.2, -0.15) is 0 Å². The van der Waals surface area contributed by atoms with Crippen molar-refractivity contribution in [3.8, 4) is 28.1 Å². The van der Waals surface area contributed by atoms with Gasteiger partial charge in [-0.3, -0.25) is 14.8 Å². The van der Waals surface area contributed by atoms with Crippen molar-refractivity contribution < 1.29 is 19.5 Å². The molecule has 0 fully saturated rings.